The third kappa shape index (κ3) is 5.25. The molecule has 0 aliphatic carbocycles. The molecule has 30 heavy (non-hydrogen) atoms. The predicted molar refractivity (Wildman–Crippen MR) is 109 cm³/mol. The van der Waals surface area contributed by atoms with Crippen LogP contribution >= 0.6 is 23.4 Å². The van der Waals surface area contributed by atoms with E-state index >= 15 is 0 Å². The van der Waals surface area contributed by atoms with Crippen LogP contribution in [0.2, 0.25) is 5.02 Å². The Labute approximate surface area is 182 Å². The number of imide groups is 1. The molecule has 0 bridgehead atoms. The highest BCUT2D eigenvalue weighted by molar-refractivity contribution is 8.18. The van der Waals surface area contributed by atoms with Gasteiger partial charge < -0.3 is 18.9 Å². The Bertz CT molecular complexity index is 901. The highest BCUT2D eigenvalue weighted by atomic mass is 35.5. The van der Waals surface area contributed by atoms with Crippen molar-refractivity contribution >= 4 is 52.5 Å². The highest BCUT2D eigenvalue weighted by Gasteiger charge is 2.41. The van der Waals surface area contributed by atoms with Gasteiger partial charge >= 0.3 is 11.9 Å². The largest absolute Gasteiger partial charge is 0.490 e. The first-order valence-corrected chi connectivity index (χ1v) is 9.93. The number of carbonyl (C=O) groups excluding carboxylic acids is 4. The second kappa shape index (κ2) is 10.4. The third-order valence-electron chi connectivity index (χ3n) is 3.94. The molecular weight excluding hydrogens is 438 g/mol. The van der Waals surface area contributed by atoms with Crippen LogP contribution in [0.25, 0.3) is 6.08 Å². The number of methoxy groups -OCH3 is 2. The molecule has 0 unspecified atom stereocenters. The van der Waals surface area contributed by atoms with E-state index in [1.54, 1.807) is 13.0 Å². The van der Waals surface area contributed by atoms with Crippen molar-refractivity contribution in [2.24, 2.45) is 0 Å². The number of halogens is 1. The molecule has 1 aliphatic heterocycles. The van der Waals surface area contributed by atoms with E-state index in [9.17, 15) is 19.2 Å². The number of carbonyl (C=O) groups is 4. The molecule has 9 nitrogen and oxygen atoms in total. The first-order chi connectivity index (χ1) is 14.2. The normalized spacial score (nSPS) is 15.9. The third-order valence-corrected chi connectivity index (χ3v) is 5.11. The van der Waals surface area contributed by atoms with Gasteiger partial charge in [0.15, 0.2) is 18.1 Å². The Morgan fingerprint density at radius 3 is 2.50 bits per heavy atom. The molecule has 0 aromatic heterocycles. The molecule has 0 N–H and O–H groups in total. The van der Waals surface area contributed by atoms with Crippen LogP contribution < -0.4 is 9.47 Å². The average molecular weight is 458 g/mol. The quantitative estimate of drug-likeness (QED) is 0.430. The molecule has 2 rings (SSSR count). The summed E-state index contributed by atoms with van der Waals surface area (Å²) in [7, 11) is 2.41. The lowest BCUT2D eigenvalue weighted by atomic mass is 10.1. The fourth-order valence-electron chi connectivity index (χ4n) is 2.51. The summed E-state index contributed by atoms with van der Waals surface area (Å²) in [6.07, 6.45) is 1.45. The van der Waals surface area contributed by atoms with Crippen molar-refractivity contribution in [1.82, 2.24) is 4.90 Å². The van der Waals surface area contributed by atoms with Gasteiger partial charge in [0.05, 0.1) is 30.8 Å². The fraction of sp³-hybridized carbons (Fsp3) is 0.368. The van der Waals surface area contributed by atoms with Crippen molar-refractivity contribution < 1.29 is 38.1 Å². The summed E-state index contributed by atoms with van der Waals surface area (Å²) in [4.78, 5) is 48.8. The van der Waals surface area contributed by atoms with Gasteiger partial charge in [-0.05, 0) is 49.4 Å². The van der Waals surface area contributed by atoms with E-state index < -0.39 is 29.1 Å². The van der Waals surface area contributed by atoms with E-state index in [-0.39, 0.29) is 28.0 Å². The van der Waals surface area contributed by atoms with Gasteiger partial charge in [0.2, 0.25) is 0 Å². The lowest BCUT2D eigenvalue weighted by Gasteiger charge is -2.18. The molecule has 2 amide bonds. The van der Waals surface area contributed by atoms with Crippen molar-refractivity contribution in [3.05, 3.63) is 27.6 Å². The van der Waals surface area contributed by atoms with Gasteiger partial charge in [0, 0.05) is 0 Å². The predicted octanol–water partition coefficient (Wildman–Crippen LogP) is 2.89. The van der Waals surface area contributed by atoms with Crippen LogP contribution in [0.3, 0.4) is 0 Å². The summed E-state index contributed by atoms with van der Waals surface area (Å²) < 4.78 is 20.0. The van der Waals surface area contributed by atoms with Gasteiger partial charge in [0.25, 0.3) is 11.1 Å². The highest BCUT2D eigenvalue weighted by Crippen LogP contribution is 2.39. The van der Waals surface area contributed by atoms with Crippen molar-refractivity contribution in [3.63, 3.8) is 0 Å². The summed E-state index contributed by atoms with van der Waals surface area (Å²) in [5.74, 6) is -1.52. The zero-order valence-electron chi connectivity index (χ0n) is 16.7. The molecule has 1 atom stereocenters. The number of amides is 2. The van der Waals surface area contributed by atoms with E-state index in [1.807, 2.05) is 0 Å². The molecule has 0 spiro atoms. The molecule has 1 aliphatic rings. The summed E-state index contributed by atoms with van der Waals surface area (Å²) in [6.45, 7) is 3.09. The molecule has 1 aromatic rings. The van der Waals surface area contributed by atoms with Crippen LogP contribution in [-0.4, -0.2) is 61.5 Å². The number of ether oxygens (including phenoxy) is 4. The minimum atomic E-state index is -1.05. The Hall–Kier alpha value is -2.72. The second-order valence-corrected chi connectivity index (χ2v) is 7.28. The Kier molecular flexibility index (Phi) is 8.13. The maximum atomic E-state index is 12.6. The van der Waals surface area contributed by atoms with Crippen molar-refractivity contribution in [2.45, 2.75) is 19.9 Å². The maximum Gasteiger partial charge on any atom is 0.343 e. The number of hydrogen-bond acceptors (Lipinski definition) is 9. The van der Waals surface area contributed by atoms with E-state index in [2.05, 4.69) is 9.47 Å². The SMILES string of the molecule is CCOc1cc(/C=C2/SC(=O)N([C@@H](C)C(=O)OC)C2=O)cc(Cl)c1OCC(=O)OC. The molecular formula is C19H20ClNO8S. The lowest BCUT2D eigenvalue weighted by Crippen LogP contribution is -2.42. The summed E-state index contributed by atoms with van der Waals surface area (Å²) in [6, 6.07) is 2.00. The van der Waals surface area contributed by atoms with Crippen LogP contribution in [0.15, 0.2) is 17.0 Å². The van der Waals surface area contributed by atoms with Gasteiger partial charge in [-0.3, -0.25) is 14.5 Å². The summed E-state index contributed by atoms with van der Waals surface area (Å²) >= 11 is 6.96. The van der Waals surface area contributed by atoms with E-state index in [0.29, 0.717) is 23.9 Å². The first-order valence-electron chi connectivity index (χ1n) is 8.74. The average Bonchev–Trinajstić information content (AvgIpc) is 2.99. The molecule has 11 heteroatoms. The van der Waals surface area contributed by atoms with Crippen LogP contribution in [0.1, 0.15) is 19.4 Å². The second-order valence-electron chi connectivity index (χ2n) is 5.88. The Morgan fingerprint density at radius 2 is 1.90 bits per heavy atom. The summed E-state index contributed by atoms with van der Waals surface area (Å²) in [5.41, 5.74) is 0.463. The molecule has 162 valence electrons. The zero-order valence-corrected chi connectivity index (χ0v) is 18.3. The zero-order chi connectivity index (χ0) is 22.4. The standard InChI is InChI=1S/C19H20ClNO8S/c1-5-28-13-7-11(6-12(20)16(13)29-9-15(22)26-3)8-14-17(23)21(19(25)30-14)10(2)18(24)27-4/h6-8,10H,5,9H2,1-4H3/b14-8+/t10-/m0/s1. The molecule has 0 radical (unpaired) electrons. The monoisotopic (exact) mass is 457 g/mol. The minimum Gasteiger partial charge on any atom is -0.490 e. The van der Waals surface area contributed by atoms with E-state index in [4.69, 9.17) is 21.1 Å². The van der Waals surface area contributed by atoms with Gasteiger partial charge in [-0.25, -0.2) is 9.59 Å². The Morgan fingerprint density at radius 1 is 1.20 bits per heavy atom. The van der Waals surface area contributed by atoms with Crippen molar-refractivity contribution in [1.29, 1.82) is 0 Å². The molecule has 1 saturated heterocycles. The molecule has 1 aromatic carbocycles. The smallest absolute Gasteiger partial charge is 0.343 e. The number of esters is 2. The Balaban J connectivity index is 2.34. The number of hydrogen-bond donors (Lipinski definition) is 0. The molecule has 1 fully saturated rings. The van der Waals surface area contributed by atoms with Crippen LogP contribution in [0.5, 0.6) is 11.5 Å². The van der Waals surface area contributed by atoms with Crippen LogP contribution in [0, 0.1) is 0 Å². The fourth-order valence-corrected chi connectivity index (χ4v) is 3.69. The van der Waals surface area contributed by atoms with Crippen LogP contribution in [0.4, 0.5) is 4.79 Å². The number of thioether (sulfide) groups is 1. The maximum absolute atomic E-state index is 12.6. The van der Waals surface area contributed by atoms with E-state index in [1.165, 1.54) is 33.3 Å². The van der Waals surface area contributed by atoms with Gasteiger partial charge in [0.1, 0.15) is 6.04 Å². The number of rotatable bonds is 8. The van der Waals surface area contributed by atoms with Gasteiger partial charge in [-0.1, -0.05) is 11.6 Å². The number of nitrogens with zero attached hydrogens (tertiary/aromatic N) is 1. The summed E-state index contributed by atoms with van der Waals surface area (Å²) in [5, 5.41) is -0.448. The van der Waals surface area contributed by atoms with Gasteiger partial charge in [-0.2, -0.15) is 0 Å². The van der Waals surface area contributed by atoms with E-state index in [0.717, 1.165) is 4.90 Å². The van der Waals surface area contributed by atoms with Crippen molar-refractivity contribution in [2.75, 3.05) is 27.4 Å². The molecule has 0 saturated carbocycles. The molecule has 1 heterocycles. The topological polar surface area (TPSA) is 108 Å². The first kappa shape index (κ1) is 23.6. The van der Waals surface area contributed by atoms with Crippen molar-refractivity contribution in [3.8, 4) is 11.5 Å². The van der Waals surface area contributed by atoms with Crippen LogP contribution in [-0.2, 0) is 23.9 Å². The minimum absolute atomic E-state index is 0.109. The lowest BCUT2D eigenvalue weighted by molar-refractivity contribution is -0.148. The van der Waals surface area contributed by atoms with Gasteiger partial charge in [-0.15, -0.1) is 0 Å². The number of benzene rings is 1.